The van der Waals surface area contributed by atoms with Crippen LogP contribution in [-0.4, -0.2) is 60.5 Å². The topological polar surface area (TPSA) is 70.0 Å². The van der Waals surface area contributed by atoms with Crippen LogP contribution in [0.4, 0.5) is 0 Å². The van der Waals surface area contributed by atoms with Gasteiger partial charge in [-0.25, -0.2) is 0 Å². The number of aliphatic carboxylic acids is 1. The van der Waals surface area contributed by atoms with Crippen molar-refractivity contribution in [3.63, 3.8) is 0 Å². The summed E-state index contributed by atoms with van der Waals surface area (Å²) in [4.78, 5) is 12.1. The number of hydrogen-bond acceptors (Lipinski definition) is 4. The van der Waals surface area contributed by atoms with Gasteiger partial charge in [0.1, 0.15) is 0 Å². The van der Waals surface area contributed by atoms with Crippen molar-refractivity contribution in [3.8, 4) is 0 Å². The molecular formula is C9H19NO4. The maximum absolute atomic E-state index is 10.5. The summed E-state index contributed by atoms with van der Waals surface area (Å²) in [5.41, 5.74) is 0. The summed E-state index contributed by atoms with van der Waals surface area (Å²) in [5, 5.41) is 18.0. The Morgan fingerprint density at radius 3 is 2.64 bits per heavy atom. The summed E-state index contributed by atoms with van der Waals surface area (Å²) in [7, 11) is 1.56. The number of rotatable bonds is 8. The molecule has 0 radical (unpaired) electrons. The molecule has 0 rings (SSSR count). The molecule has 0 aromatic heterocycles. The zero-order valence-corrected chi connectivity index (χ0v) is 8.77. The minimum Gasteiger partial charge on any atom is -0.480 e. The minimum absolute atomic E-state index is 0.0551. The Labute approximate surface area is 84.3 Å². The molecule has 0 spiro atoms. The Morgan fingerprint density at radius 2 is 2.21 bits per heavy atom. The van der Waals surface area contributed by atoms with Crippen molar-refractivity contribution in [2.75, 3.05) is 33.4 Å². The van der Waals surface area contributed by atoms with Gasteiger partial charge in [0.25, 0.3) is 0 Å². The molecule has 0 aromatic carbocycles. The number of nitrogens with zero attached hydrogens (tertiary/aromatic N) is 1. The normalized spacial score (nSPS) is 13.1. The highest BCUT2D eigenvalue weighted by molar-refractivity contribution is 5.69. The van der Waals surface area contributed by atoms with Crippen LogP contribution in [0.1, 0.15) is 13.3 Å². The highest BCUT2D eigenvalue weighted by Crippen LogP contribution is 1.96. The number of aliphatic hydroxyl groups is 1. The van der Waals surface area contributed by atoms with E-state index in [0.717, 1.165) is 0 Å². The lowest BCUT2D eigenvalue weighted by Gasteiger charge is -2.22. The molecule has 0 amide bonds. The SMILES string of the molecule is CCC(O)CN(CCOC)CC(=O)O. The summed E-state index contributed by atoms with van der Waals surface area (Å²) in [6.07, 6.45) is 0.162. The Hall–Kier alpha value is -0.650. The maximum Gasteiger partial charge on any atom is 0.317 e. The molecule has 1 atom stereocenters. The smallest absolute Gasteiger partial charge is 0.317 e. The quantitative estimate of drug-likeness (QED) is 0.574. The standard InChI is InChI=1S/C9H19NO4/c1-3-8(11)6-10(4-5-14-2)7-9(12)13/h8,11H,3-7H2,1-2H3,(H,12,13). The molecule has 0 saturated carbocycles. The van der Waals surface area contributed by atoms with E-state index in [1.807, 2.05) is 6.92 Å². The van der Waals surface area contributed by atoms with Gasteiger partial charge in [0.15, 0.2) is 0 Å². The minimum atomic E-state index is -0.885. The van der Waals surface area contributed by atoms with Gasteiger partial charge >= 0.3 is 5.97 Å². The lowest BCUT2D eigenvalue weighted by molar-refractivity contribution is -0.138. The molecule has 0 aliphatic carbocycles. The molecule has 0 aromatic rings. The fourth-order valence-electron chi connectivity index (χ4n) is 1.07. The molecule has 5 nitrogen and oxygen atoms in total. The maximum atomic E-state index is 10.5. The molecule has 0 bridgehead atoms. The van der Waals surface area contributed by atoms with Gasteiger partial charge in [-0.15, -0.1) is 0 Å². The third kappa shape index (κ3) is 6.82. The van der Waals surface area contributed by atoms with Crippen molar-refractivity contribution in [1.82, 2.24) is 4.90 Å². The van der Waals surface area contributed by atoms with Crippen LogP contribution < -0.4 is 0 Å². The predicted octanol–water partition coefficient (Wildman–Crippen LogP) is -0.210. The number of ether oxygens (including phenoxy) is 1. The van der Waals surface area contributed by atoms with Crippen LogP contribution in [0, 0.1) is 0 Å². The van der Waals surface area contributed by atoms with Crippen molar-refractivity contribution in [2.24, 2.45) is 0 Å². The molecule has 84 valence electrons. The van der Waals surface area contributed by atoms with E-state index in [-0.39, 0.29) is 6.54 Å². The number of aliphatic hydroxyl groups excluding tert-OH is 1. The van der Waals surface area contributed by atoms with Crippen molar-refractivity contribution in [1.29, 1.82) is 0 Å². The van der Waals surface area contributed by atoms with Crippen molar-refractivity contribution < 1.29 is 19.7 Å². The van der Waals surface area contributed by atoms with E-state index >= 15 is 0 Å². The van der Waals surface area contributed by atoms with Gasteiger partial charge in [-0.1, -0.05) is 6.92 Å². The lowest BCUT2D eigenvalue weighted by atomic mass is 10.2. The molecule has 0 saturated heterocycles. The van der Waals surface area contributed by atoms with Crippen LogP contribution >= 0.6 is 0 Å². The largest absolute Gasteiger partial charge is 0.480 e. The molecule has 5 heteroatoms. The third-order valence-corrected chi connectivity index (χ3v) is 1.91. The van der Waals surface area contributed by atoms with Crippen LogP contribution in [0.5, 0.6) is 0 Å². The zero-order chi connectivity index (χ0) is 11.0. The van der Waals surface area contributed by atoms with Gasteiger partial charge < -0.3 is 14.9 Å². The predicted molar refractivity (Wildman–Crippen MR) is 52.2 cm³/mol. The number of carboxylic acid groups (broad SMARTS) is 1. The van der Waals surface area contributed by atoms with Gasteiger partial charge in [0.2, 0.25) is 0 Å². The molecule has 0 aliphatic rings. The van der Waals surface area contributed by atoms with E-state index in [2.05, 4.69) is 0 Å². The summed E-state index contributed by atoms with van der Waals surface area (Å²) in [6, 6.07) is 0. The molecule has 2 N–H and O–H groups in total. The second kappa shape index (κ2) is 7.73. The molecule has 0 aliphatic heterocycles. The Kier molecular flexibility index (Phi) is 7.37. The van der Waals surface area contributed by atoms with Gasteiger partial charge in [-0.05, 0) is 6.42 Å². The summed E-state index contributed by atoms with van der Waals surface area (Å²) >= 11 is 0. The fraction of sp³-hybridized carbons (Fsp3) is 0.889. The second-order valence-corrected chi connectivity index (χ2v) is 3.18. The van der Waals surface area contributed by atoms with E-state index in [0.29, 0.717) is 26.1 Å². The first-order valence-corrected chi connectivity index (χ1v) is 4.71. The van der Waals surface area contributed by atoms with Gasteiger partial charge in [-0.2, -0.15) is 0 Å². The number of methoxy groups -OCH3 is 1. The Bertz CT molecular complexity index is 163. The van der Waals surface area contributed by atoms with Gasteiger partial charge in [0.05, 0.1) is 19.3 Å². The van der Waals surface area contributed by atoms with Crippen molar-refractivity contribution >= 4 is 5.97 Å². The first-order valence-electron chi connectivity index (χ1n) is 4.71. The molecule has 14 heavy (non-hydrogen) atoms. The van der Waals surface area contributed by atoms with E-state index in [9.17, 15) is 9.90 Å². The molecule has 0 fully saturated rings. The first-order chi connectivity index (χ1) is 6.60. The van der Waals surface area contributed by atoms with E-state index in [1.54, 1.807) is 12.0 Å². The second-order valence-electron chi connectivity index (χ2n) is 3.18. The van der Waals surface area contributed by atoms with Crippen molar-refractivity contribution in [3.05, 3.63) is 0 Å². The Morgan fingerprint density at radius 1 is 1.57 bits per heavy atom. The monoisotopic (exact) mass is 205 g/mol. The van der Waals surface area contributed by atoms with Gasteiger partial charge in [-0.3, -0.25) is 9.69 Å². The van der Waals surface area contributed by atoms with Crippen LogP contribution in [-0.2, 0) is 9.53 Å². The Balaban J connectivity index is 3.89. The number of carbonyl (C=O) groups is 1. The van der Waals surface area contributed by atoms with Crippen molar-refractivity contribution in [2.45, 2.75) is 19.4 Å². The molecular weight excluding hydrogens is 186 g/mol. The molecule has 1 unspecified atom stereocenters. The van der Waals surface area contributed by atoms with Crippen LogP contribution in [0.3, 0.4) is 0 Å². The third-order valence-electron chi connectivity index (χ3n) is 1.91. The highest BCUT2D eigenvalue weighted by atomic mass is 16.5. The number of carboxylic acids is 1. The van der Waals surface area contributed by atoms with E-state index in [1.165, 1.54) is 0 Å². The molecule has 0 heterocycles. The van der Waals surface area contributed by atoms with Crippen LogP contribution in [0.25, 0.3) is 0 Å². The van der Waals surface area contributed by atoms with Crippen LogP contribution in [0.2, 0.25) is 0 Å². The van der Waals surface area contributed by atoms with E-state index < -0.39 is 12.1 Å². The van der Waals surface area contributed by atoms with Gasteiger partial charge in [0, 0.05) is 20.2 Å². The fourth-order valence-corrected chi connectivity index (χ4v) is 1.07. The first kappa shape index (κ1) is 13.4. The lowest BCUT2D eigenvalue weighted by Crippen LogP contribution is -2.38. The van der Waals surface area contributed by atoms with E-state index in [4.69, 9.17) is 9.84 Å². The summed E-state index contributed by atoms with van der Waals surface area (Å²) in [6.45, 7) is 3.19. The zero-order valence-electron chi connectivity index (χ0n) is 8.77. The summed E-state index contributed by atoms with van der Waals surface area (Å²) in [5.74, 6) is -0.885. The highest BCUT2D eigenvalue weighted by Gasteiger charge is 2.12. The number of hydrogen-bond donors (Lipinski definition) is 2. The van der Waals surface area contributed by atoms with Crippen LogP contribution in [0.15, 0.2) is 0 Å². The average molecular weight is 205 g/mol. The average Bonchev–Trinajstić information content (AvgIpc) is 2.13. The summed E-state index contributed by atoms with van der Waals surface area (Å²) < 4.78 is 4.85.